The topological polar surface area (TPSA) is 50.8 Å². The number of hydrogen-bond donors (Lipinski definition) is 1. The number of nitrogens with zero attached hydrogens (tertiary/aromatic N) is 1. The third kappa shape index (κ3) is 2.76. The summed E-state index contributed by atoms with van der Waals surface area (Å²) in [5.74, 6) is -2.21. The SMILES string of the molecule is O=C(OC12CCC(COC1)N2c1cc2c(cc1Cl)CNC2)C(F)(F)F. The second kappa shape index (κ2) is 5.75. The van der Waals surface area contributed by atoms with Gasteiger partial charge in [-0.2, -0.15) is 13.2 Å². The number of carbonyl (C=O) groups is 1. The van der Waals surface area contributed by atoms with Crippen molar-refractivity contribution >= 4 is 23.3 Å². The molecule has 0 saturated carbocycles. The lowest BCUT2D eigenvalue weighted by molar-refractivity contribution is -0.219. The summed E-state index contributed by atoms with van der Waals surface area (Å²) in [6, 6.07) is 3.51. The molecule has 2 unspecified atom stereocenters. The number of alkyl halides is 3. The summed E-state index contributed by atoms with van der Waals surface area (Å²) in [6.07, 6.45) is -4.22. The minimum absolute atomic E-state index is 0.114. The van der Waals surface area contributed by atoms with Crippen LogP contribution in [0.5, 0.6) is 0 Å². The van der Waals surface area contributed by atoms with Crippen molar-refractivity contribution in [3.05, 3.63) is 28.3 Å². The zero-order valence-electron chi connectivity index (χ0n) is 13.2. The van der Waals surface area contributed by atoms with Gasteiger partial charge < -0.3 is 19.7 Å². The van der Waals surface area contributed by atoms with Crippen LogP contribution in [0.4, 0.5) is 18.9 Å². The Morgan fingerprint density at radius 2 is 2.08 bits per heavy atom. The van der Waals surface area contributed by atoms with Gasteiger partial charge in [-0.15, -0.1) is 0 Å². The second-order valence-corrected chi connectivity index (χ2v) is 6.99. The lowest BCUT2D eigenvalue weighted by Gasteiger charge is -2.45. The largest absolute Gasteiger partial charge is 0.491 e. The number of nitrogens with one attached hydrogen (secondary N) is 1. The summed E-state index contributed by atoms with van der Waals surface area (Å²) >= 11 is 6.42. The van der Waals surface area contributed by atoms with Crippen molar-refractivity contribution in [3.63, 3.8) is 0 Å². The molecule has 3 heterocycles. The molecule has 0 aromatic heterocycles. The molecule has 25 heavy (non-hydrogen) atoms. The fourth-order valence-electron chi connectivity index (χ4n) is 3.90. The first-order valence-electron chi connectivity index (χ1n) is 7.99. The number of ether oxygens (including phenoxy) is 2. The molecular weight excluding hydrogens is 361 g/mol. The van der Waals surface area contributed by atoms with Gasteiger partial charge in [-0.25, -0.2) is 4.79 Å². The molecule has 1 N–H and O–H groups in total. The maximum atomic E-state index is 12.7. The molecule has 2 saturated heterocycles. The number of esters is 1. The van der Waals surface area contributed by atoms with Gasteiger partial charge in [-0.05, 0) is 29.7 Å². The van der Waals surface area contributed by atoms with Gasteiger partial charge in [0.15, 0.2) is 0 Å². The summed E-state index contributed by atoms with van der Waals surface area (Å²) in [6.45, 7) is 1.62. The van der Waals surface area contributed by atoms with Crippen molar-refractivity contribution in [2.75, 3.05) is 18.1 Å². The molecule has 0 amide bonds. The van der Waals surface area contributed by atoms with E-state index in [4.69, 9.17) is 21.1 Å². The van der Waals surface area contributed by atoms with Crippen LogP contribution in [0.1, 0.15) is 24.0 Å². The van der Waals surface area contributed by atoms with Crippen LogP contribution in [0.25, 0.3) is 0 Å². The lowest BCUT2D eigenvalue weighted by Crippen LogP contribution is -2.59. The minimum Gasteiger partial charge on any atom is -0.430 e. The molecule has 1 aromatic carbocycles. The number of anilines is 1. The standard InChI is InChI=1S/C16H16ClF3N2O3/c17-12-3-9-5-21-6-10(9)4-13(12)22-11-1-2-15(22,8-24-7-11)25-14(23)16(18,19)20/h3-4,11,21H,1-2,5-8H2. The van der Waals surface area contributed by atoms with Crippen molar-refractivity contribution in [2.24, 2.45) is 0 Å². The van der Waals surface area contributed by atoms with Crippen molar-refractivity contribution in [1.82, 2.24) is 5.32 Å². The summed E-state index contributed by atoms with van der Waals surface area (Å²) in [4.78, 5) is 13.2. The van der Waals surface area contributed by atoms with Crippen LogP contribution in [0.3, 0.4) is 0 Å². The predicted octanol–water partition coefficient (Wildman–Crippen LogP) is 2.74. The van der Waals surface area contributed by atoms with E-state index in [2.05, 4.69) is 5.32 Å². The van der Waals surface area contributed by atoms with Crippen molar-refractivity contribution < 1.29 is 27.4 Å². The second-order valence-electron chi connectivity index (χ2n) is 6.59. The summed E-state index contributed by atoms with van der Waals surface area (Å²) in [5, 5.41) is 3.64. The van der Waals surface area contributed by atoms with Crippen LogP contribution in [0.15, 0.2) is 12.1 Å². The van der Waals surface area contributed by atoms with Crippen LogP contribution in [-0.2, 0) is 27.4 Å². The number of benzene rings is 1. The Labute approximate surface area is 147 Å². The van der Waals surface area contributed by atoms with Crippen LogP contribution >= 0.6 is 11.6 Å². The van der Waals surface area contributed by atoms with E-state index in [1.807, 2.05) is 12.1 Å². The molecule has 1 aromatic rings. The van der Waals surface area contributed by atoms with E-state index < -0.39 is 17.9 Å². The van der Waals surface area contributed by atoms with Gasteiger partial charge in [0.2, 0.25) is 5.72 Å². The monoisotopic (exact) mass is 376 g/mol. The minimum atomic E-state index is -5.05. The Bertz CT molecular complexity index is 723. The molecule has 9 heteroatoms. The van der Waals surface area contributed by atoms with Crippen LogP contribution in [0, 0.1) is 0 Å². The van der Waals surface area contributed by atoms with Gasteiger partial charge in [-0.1, -0.05) is 11.6 Å². The van der Waals surface area contributed by atoms with E-state index in [9.17, 15) is 18.0 Å². The lowest BCUT2D eigenvalue weighted by atomic mass is 10.1. The Balaban J connectivity index is 1.73. The smallest absolute Gasteiger partial charge is 0.430 e. The van der Waals surface area contributed by atoms with Crippen molar-refractivity contribution in [3.8, 4) is 0 Å². The molecule has 0 aliphatic carbocycles. The van der Waals surface area contributed by atoms with E-state index in [1.54, 1.807) is 4.90 Å². The van der Waals surface area contributed by atoms with Gasteiger partial charge in [-0.3, -0.25) is 0 Å². The number of morpholine rings is 1. The number of halogens is 4. The van der Waals surface area contributed by atoms with E-state index in [1.165, 1.54) is 0 Å². The van der Waals surface area contributed by atoms with Crippen molar-refractivity contribution in [1.29, 1.82) is 0 Å². The molecule has 3 aliphatic rings. The van der Waals surface area contributed by atoms with Gasteiger partial charge in [0.05, 0.1) is 23.4 Å². The number of fused-ring (bicyclic) bond motifs is 3. The highest BCUT2D eigenvalue weighted by molar-refractivity contribution is 6.33. The maximum Gasteiger partial charge on any atom is 0.491 e. The predicted molar refractivity (Wildman–Crippen MR) is 83.2 cm³/mol. The Morgan fingerprint density at radius 3 is 2.80 bits per heavy atom. The van der Waals surface area contributed by atoms with E-state index in [0.29, 0.717) is 36.8 Å². The van der Waals surface area contributed by atoms with Gasteiger partial charge in [0.25, 0.3) is 0 Å². The van der Waals surface area contributed by atoms with Gasteiger partial charge in [0.1, 0.15) is 6.61 Å². The highest BCUT2D eigenvalue weighted by atomic mass is 35.5. The van der Waals surface area contributed by atoms with Gasteiger partial charge >= 0.3 is 12.1 Å². The highest BCUT2D eigenvalue weighted by Crippen LogP contribution is 2.46. The molecule has 2 atom stereocenters. The first-order chi connectivity index (χ1) is 11.8. The molecular formula is C16H16ClF3N2O3. The third-order valence-electron chi connectivity index (χ3n) is 4.98. The fourth-order valence-corrected chi connectivity index (χ4v) is 4.17. The van der Waals surface area contributed by atoms with Crippen LogP contribution < -0.4 is 10.2 Å². The normalized spacial score (nSPS) is 28.2. The number of carbonyl (C=O) groups excluding carboxylic acids is 1. The molecule has 2 fully saturated rings. The maximum absolute atomic E-state index is 12.7. The zero-order valence-corrected chi connectivity index (χ0v) is 13.9. The molecule has 2 bridgehead atoms. The summed E-state index contributed by atoms with van der Waals surface area (Å²) in [5.41, 5.74) is 1.22. The van der Waals surface area contributed by atoms with Crippen LogP contribution in [0.2, 0.25) is 5.02 Å². The number of hydrogen-bond acceptors (Lipinski definition) is 5. The first kappa shape index (κ1) is 16.9. The average Bonchev–Trinajstić information content (AvgIpc) is 3.05. The molecule has 0 radical (unpaired) electrons. The molecule has 0 spiro atoms. The Hall–Kier alpha value is -1.51. The molecule has 136 valence electrons. The third-order valence-corrected chi connectivity index (χ3v) is 5.29. The molecule has 3 aliphatic heterocycles. The molecule has 4 rings (SSSR count). The van der Waals surface area contributed by atoms with Gasteiger partial charge in [0, 0.05) is 19.5 Å². The Morgan fingerprint density at radius 1 is 1.36 bits per heavy atom. The highest BCUT2D eigenvalue weighted by Gasteiger charge is 2.56. The van der Waals surface area contributed by atoms with E-state index in [-0.39, 0.29) is 19.1 Å². The summed E-state index contributed by atoms with van der Waals surface area (Å²) < 4.78 is 48.6. The molecule has 5 nitrogen and oxygen atoms in total. The van der Waals surface area contributed by atoms with Crippen molar-refractivity contribution in [2.45, 2.75) is 43.9 Å². The first-order valence-corrected chi connectivity index (χ1v) is 8.37. The number of rotatable bonds is 2. The van der Waals surface area contributed by atoms with Crippen LogP contribution in [-0.4, -0.2) is 37.1 Å². The van der Waals surface area contributed by atoms with E-state index in [0.717, 1.165) is 11.1 Å². The fraction of sp³-hybridized carbons (Fsp3) is 0.562. The summed E-state index contributed by atoms with van der Waals surface area (Å²) in [7, 11) is 0. The Kier molecular flexibility index (Phi) is 3.90. The zero-order chi connectivity index (χ0) is 17.8. The van der Waals surface area contributed by atoms with E-state index >= 15 is 0 Å². The quantitative estimate of drug-likeness (QED) is 0.804. The average molecular weight is 377 g/mol.